The lowest BCUT2D eigenvalue weighted by atomic mass is 9.83. The van der Waals surface area contributed by atoms with E-state index in [9.17, 15) is 4.79 Å². The number of aromatic amines is 1. The molecule has 3 aromatic rings. The second-order valence-electron chi connectivity index (χ2n) is 7.62. The van der Waals surface area contributed by atoms with E-state index in [1.165, 1.54) is 16.5 Å². The zero-order valence-corrected chi connectivity index (χ0v) is 16.3. The predicted octanol–water partition coefficient (Wildman–Crippen LogP) is 4.99. The molecule has 1 aromatic heterocycles. The SMILES string of the molecule is CCCN(CCC)[C@H]1Cc2c[nH]c3ccc(C(=O)c4ccccc4)c(c23)C1. The van der Waals surface area contributed by atoms with E-state index < -0.39 is 0 Å². The van der Waals surface area contributed by atoms with Crippen molar-refractivity contribution in [3.8, 4) is 0 Å². The van der Waals surface area contributed by atoms with Crippen LogP contribution in [0.2, 0.25) is 0 Å². The number of aromatic nitrogens is 1. The number of nitrogens with one attached hydrogen (secondary N) is 1. The molecule has 0 radical (unpaired) electrons. The number of hydrogen-bond donors (Lipinski definition) is 1. The first-order valence-electron chi connectivity index (χ1n) is 10.2. The molecule has 0 unspecified atom stereocenters. The molecule has 140 valence electrons. The van der Waals surface area contributed by atoms with Crippen molar-refractivity contribution in [2.75, 3.05) is 13.1 Å². The lowest BCUT2D eigenvalue weighted by Gasteiger charge is -2.34. The Kier molecular flexibility index (Phi) is 5.13. The summed E-state index contributed by atoms with van der Waals surface area (Å²) in [4.78, 5) is 19.3. The highest BCUT2D eigenvalue weighted by atomic mass is 16.1. The number of rotatable bonds is 7. The van der Waals surface area contributed by atoms with Crippen LogP contribution >= 0.6 is 0 Å². The smallest absolute Gasteiger partial charge is 0.193 e. The highest BCUT2D eigenvalue weighted by Gasteiger charge is 2.29. The maximum Gasteiger partial charge on any atom is 0.193 e. The van der Waals surface area contributed by atoms with Crippen LogP contribution in [0, 0.1) is 0 Å². The molecule has 0 spiro atoms. The minimum Gasteiger partial charge on any atom is -0.361 e. The van der Waals surface area contributed by atoms with Crippen LogP contribution in [-0.2, 0) is 12.8 Å². The van der Waals surface area contributed by atoms with Crippen LogP contribution in [0.3, 0.4) is 0 Å². The summed E-state index contributed by atoms with van der Waals surface area (Å²) < 4.78 is 0. The van der Waals surface area contributed by atoms with Crippen LogP contribution in [-0.4, -0.2) is 34.8 Å². The Hall–Kier alpha value is -2.39. The zero-order valence-electron chi connectivity index (χ0n) is 16.3. The van der Waals surface area contributed by atoms with Crippen molar-refractivity contribution >= 4 is 16.7 Å². The van der Waals surface area contributed by atoms with Crippen molar-refractivity contribution in [2.24, 2.45) is 0 Å². The average Bonchev–Trinajstić information content (AvgIpc) is 3.12. The first-order valence-corrected chi connectivity index (χ1v) is 10.2. The molecule has 1 N–H and O–H groups in total. The van der Waals surface area contributed by atoms with E-state index >= 15 is 0 Å². The molecule has 0 saturated carbocycles. The predicted molar refractivity (Wildman–Crippen MR) is 112 cm³/mol. The molecule has 0 saturated heterocycles. The van der Waals surface area contributed by atoms with Crippen molar-refractivity contribution in [1.82, 2.24) is 9.88 Å². The number of H-pyrrole nitrogens is 1. The van der Waals surface area contributed by atoms with Crippen LogP contribution in [0.5, 0.6) is 0 Å². The minimum atomic E-state index is 0.137. The molecule has 4 rings (SSSR count). The Morgan fingerprint density at radius 1 is 1.04 bits per heavy atom. The zero-order chi connectivity index (χ0) is 18.8. The van der Waals surface area contributed by atoms with Gasteiger partial charge in [-0.3, -0.25) is 9.69 Å². The van der Waals surface area contributed by atoms with Crippen LogP contribution in [0.25, 0.3) is 10.9 Å². The van der Waals surface area contributed by atoms with E-state index in [4.69, 9.17) is 0 Å². The van der Waals surface area contributed by atoms with Crippen LogP contribution in [0.1, 0.15) is 53.7 Å². The first kappa shape index (κ1) is 18.0. The number of hydrogen-bond acceptors (Lipinski definition) is 2. The highest BCUT2D eigenvalue weighted by Crippen LogP contribution is 2.34. The van der Waals surface area contributed by atoms with Gasteiger partial charge in [0, 0.05) is 34.3 Å². The second-order valence-corrected chi connectivity index (χ2v) is 7.62. The fourth-order valence-electron chi connectivity index (χ4n) is 4.57. The van der Waals surface area contributed by atoms with Gasteiger partial charge in [0.25, 0.3) is 0 Å². The van der Waals surface area contributed by atoms with E-state index in [2.05, 4.69) is 36.0 Å². The molecule has 0 bridgehead atoms. The standard InChI is InChI=1S/C24H28N2O/c1-3-12-26(13-4-2)19-14-18-16-25-22-11-10-20(21(15-19)23(18)22)24(27)17-8-6-5-7-9-17/h5-11,16,19,25H,3-4,12-15H2,1-2H3/t19-/m0/s1. The molecule has 27 heavy (non-hydrogen) atoms. The van der Waals surface area contributed by atoms with E-state index in [0.29, 0.717) is 6.04 Å². The third kappa shape index (κ3) is 3.32. The van der Waals surface area contributed by atoms with Crippen molar-refractivity contribution in [2.45, 2.75) is 45.6 Å². The van der Waals surface area contributed by atoms with Crippen LogP contribution < -0.4 is 0 Å². The van der Waals surface area contributed by atoms with Gasteiger partial charge in [0.05, 0.1) is 0 Å². The summed E-state index contributed by atoms with van der Waals surface area (Å²) >= 11 is 0. The normalized spacial score (nSPS) is 16.2. The van der Waals surface area contributed by atoms with Gasteiger partial charge in [-0.2, -0.15) is 0 Å². The molecule has 0 amide bonds. The van der Waals surface area contributed by atoms with Gasteiger partial charge >= 0.3 is 0 Å². The maximum atomic E-state index is 13.2. The van der Waals surface area contributed by atoms with Gasteiger partial charge in [-0.15, -0.1) is 0 Å². The molecule has 1 aliphatic carbocycles. The fourth-order valence-corrected chi connectivity index (χ4v) is 4.57. The van der Waals surface area contributed by atoms with E-state index in [1.807, 2.05) is 36.4 Å². The molecule has 1 aliphatic rings. The Balaban J connectivity index is 1.77. The summed E-state index contributed by atoms with van der Waals surface area (Å²) in [5, 5.41) is 1.28. The molecular weight excluding hydrogens is 332 g/mol. The van der Waals surface area contributed by atoms with Crippen molar-refractivity contribution < 1.29 is 4.79 Å². The third-order valence-corrected chi connectivity index (χ3v) is 5.75. The van der Waals surface area contributed by atoms with Gasteiger partial charge in [-0.25, -0.2) is 0 Å². The summed E-state index contributed by atoms with van der Waals surface area (Å²) in [6.45, 7) is 6.74. The molecule has 2 aromatic carbocycles. The highest BCUT2D eigenvalue weighted by molar-refractivity contribution is 6.12. The first-order chi connectivity index (χ1) is 13.2. The Morgan fingerprint density at radius 3 is 2.48 bits per heavy atom. The van der Waals surface area contributed by atoms with E-state index in [-0.39, 0.29) is 5.78 Å². The Bertz CT molecular complexity index is 936. The van der Waals surface area contributed by atoms with Gasteiger partial charge in [0.15, 0.2) is 5.78 Å². The number of carbonyl (C=O) groups excluding carboxylic acids is 1. The summed E-state index contributed by atoms with van der Waals surface area (Å²) in [6, 6.07) is 14.2. The number of ketones is 1. The Labute approximate surface area is 161 Å². The molecule has 1 atom stereocenters. The van der Waals surface area contributed by atoms with Gasteiger partial charge in [0.2, 0.25) is 0 Å². The summed E-state index contributed by atoms with van der Waals surface area (Å²) in [7, 11) is 0. The van der Waals surface area contributed by atoms with Crippen molar-refractivity contribution in [3.63, 3.8) is 0 Å². The lowest BCUT2D eigenvalue weighted by Crippen LogP contribution is -2.41. The molecule has 0 fully saturated rings. The molecule has 3 nitrogen and oxygen atoms in total. The second kappa shape index (κ2) is 7.69. The number of benzene rings is 2. The van der Waals surface area contributed by atoms with E-state index in [0.717, 1.165) is 55.4 Å². The maximum absolute atomic E-state index is 13.2. The van der Waals surface area contributed by atoms with Crippen LogP contribution in [0.15, 0.2) is 48.7 Å². The largest absolute Gasteiger partial charge is 0.361 e. The fraction of sp³-hybridized carbons (Fsp3) is 0.375. The van der Waals surface area contributed by atoms with Crippen molar-refractivity contribution in [1.29, 1.82) is 0 Å². The quantitative estimate of drug-likeness (QED) is 0.603. The van der Waals surface area contributed by atoms with Gasteiger partial charge in [-0.05, 0) is 62.0 Å². The van der Waals surface area contributed by atoms with Gasteiger partial charge in [0.1, 0.15) is 0 Å². The van der Waals surface area contributed by atoms with E-state index in [1.54, 1.807) is 0 Å². The monoisotopic (exact) mass is 360 g/mol. The topological polar surface area (TPSA) is 36.1 Å². The minimum absolute atomic E-state index is 0.137. The molecular formula is C24H28N2O. The molecule has 1 heterocycles. The van der Waals surface area contributed by atoms with Gasteiger partial charge < -0.3 is 4.98 Å². The number of nitrogens with zero attached hydrogens (tertiary/aromatic N) is 1. The van der Waals surface area contributed by atoms with Crippen molar-refractivity contribution in [3.05, 3.63) is 70.9 Å². The molecule has 0 aliphatic heterocycles. The van der Waals surface area contributed by atoms with Crippen LogP contribution in [0.4, 0.5) is 0 Å². The van der Waals surface area contributed by atoms with Gasteiger partial charge in [-0.1, -0.05) is 44.2 Å². The Morgan fingerprint density at radius 2 is 1.78 bits per heavy atom. The third-order valence-electron chi connectivity index (χ3n) is 5.75. The summed E-state index contributed by atoms with van der Waals surface area (Å²) in [5.41, 5.74) is 5.38. The number of carbonyl (C=O) groups is 1. The average molecular weight is 361 g/mol. The summed E-state index contributed by atoms with van der Waals surface area (Å²) in [6.07, 6.45) is 6.49. The lowest BCUT2D eigenvalue weighted by molar-refractivity contribution is 0.103. The molecule has 3 heteroatoms. The summed E-state index contributed by atoms with van der Waals surface area (Å²) in [5.74, 6) is 0.137.